The van der Waals surface area contributed by atoms with Crippen LogP contribution in [0.25, 0.3) is 27.6 Å². The van der Waals surface area contributed by atoms with Crippen molar-refractivity contribution < 1.29 is 16.3 Å². The van der Waals surface area contributed by atoms with Crippen LogP contribution in [0.4, 0.5) is 0 Å². The van der Waals surface area contributed by atoms with Crippen molar-refractivity contribution in [3.8, 4) is 17.3 Å². The van der Waals surface area contributed by atoms with Crippen LogP contribution in [0.5, 0.6) is 11.5 Å². The first kappa shape index (κ1) is 32.2. The maximum Gasteiger partial charge on any atom is 0.217 e. The van der Waals surface area contributed by atoms with Gasteiger partial charge < -0.3 is 9.47 Å². The van der Waals surface area contributed by atoms with Gasteiger partial charge in [0.05, 0.1) is 11.0 Å². The average Bonchev–Trinajstić information content (AvgIpc) is 3.61. The van der Waals surface area contributed by atoms with Gasteiger partial charge in [-0.05, 0) is 144 Å². The molecule has 5 heteroatoms. The van der Waals surface area contributed by atoms with E-state index in [1.54, 1.807) is 12.1 Å². The lowest BCUT2D eigenvalue weighted by Gasteiger charge is -2.44. The fourth-order valence-corrected chi connectivity index (χ4v) is 8.93. The van der Waals surface area contributed by atoms with Gasteiger partial charge >= 0.3 is 0 Å². The first-order chi connectivity index (χ1) is 28.0. The molecule has 0 fully saturated rings. The first-order valence-electron chi connectivity index (χ1n) is 22.4. The van der Waals surface area contributed by atoms with Crippen molar-refractivity contribution in [2.75, 3.05) is 0 Å². The summed E-state index contributed by atoms with van der Waals surface area (Å²) in [6, 6.07) is 23.4. The van der Waals surface area contributed by atoms with Crippen LogP contribution >= 0.6 is 0 Å². The predicted molar refractivity (Wildman–Crippen MR) is 234 cm³/mol. The van der Waals surface area contributed by atoms with Crippen molar-refractivity contribution in [2.24, 2.45) is 4.99 Å². The number of hydrogen-bond donors (Lipinski definition) is 0. The van der Waals surface area contributed by atoms with Gasteiger partial charge in [-0.1, -0.05) is 80.0 Å². The second-order valence-electron chi connectivity index (χ2n) is 19.6. The minimum absolute atomic E-state index is 0.0991. The number of nitrogens with zero attached hydrogens (tertiary/aromatic N) is 3. The van der Waals surface area contributed by atoms with Crippen molar-refractivity contribution in [1.82, 2.24) is 9.55 Å². The minimum atomic E-state index is -2.26. The molecule has 0 amide bonds. The van der Waals surface area contributed by atoms with Crippen LogP contribution < -0.4 is 4.74 Å². The van der Waals surface area contributed by atoms with E-state index in [4.69, 9.17) is 23.6 Å². The number of pyridine rings is 1. The Kier molecular flexibility index (Phi) is 7.22. The standard InChI is InChI=1S/C51H59N3O2/c1-30-15-18-42-40(21-30)39-17-16-37(27-43(39)54(42)44-26-35(19-20-52-44)47(4,5)6)55-38-24-33(23-36(25-38)48(7,8)9)46-53-50(13)28-34-22-31(2)45(49(10,11)12)32(3)41(34)29-51(50,14)56-46/h15-27H,28-29H2,1-14H3/t50-,51-/m0/s1/i1D3,28D2. The van der Waals surface area contributed by atoms with E-state index in [2.05, 4.69) is 92.9 Å². The van der Waals surface area contributed by atoms with E-state index in [-0.39, 0.29) is 21.8 Å². The maximum atomic E-state index is 9.75. The van der Waals surface area contributed by atoms with Gasteiger partial charge in [0.2, 0.25) is 5.90 Å². The Morgan fingerprint density at radius 2 is 1.52 bits per heavy atom. The summed E-state index contributed by atoms with van der Waals surface area (Å²) >= 11 is 0. The first-order valence-corrected chi connectivity index (χ1v) is 19.9. The van der Waals surface area contributed by atoms with Gasteiger partial charge in [-0.2, -0.15) is 0 Å². The van der Waals surface area contributed by atoms with Crippen molar-refractivity contribution in [1.29, 1.82) is 0 Å². The average molecular weight is 751 g/mol. The molecule has 0 radical (unpaired) electrons. The van der Waals surface area contributed by atoms with Gasteiger partial charge in [0.1, 0.15) is 28.5 Å². The third kappa shape index (κ3) is 6.32. The number of aryl methyl sites for hydroxylation is 2. The summed E-state index contributed by atoms with van der Waals surface area (Å²) in [5.41, 5.74) is 7.34. The highest BCUT2D eigenvalue weighted by atomic mass is 16.5. The van der Waals surface area contributed by atoms with E-state index < -0.39 is 24.4 Å². The zero-order valence-corrected chi connectivity index (χ0v) is 35.4. The molecular weight excluding hydrogens is 687 g/mol. The second-order valence-corrected chi connectivity index (χ2v) is 19.6. The number of rotatable bonds is 4. The molecule has 290 valence electrons. The van der Waals surface area contributed by atoms with Gasteiger partial charge in [0.15, 0.2) is 0 Å². The Hall–Kier alpha value is -4.90. The summed E-state index contributed by atoms with van der Waals surface area (Å²) in [7, 11) is 0. The number of hydrogen-bond acceptors (Lipinski definition) is 4. The molecule has 5 nitrogen and oxygen atoms in total. The smallest absolute Gasteiger partial charge is 0.217 e. The van der Waals surface area contributed by atoms with Gasteiger partial charge in [0.25, 0.3) is 0 Å². The number of benzene rings is 4. The minimum Gasteiger partial charge on any atom is -0.468 e. The number of ether oxygens (including phenoxy) is 2. The van der Waals surface area contributed by atoms with Crippen molar-refractivity contribution in [2.45, 2.75) is 137 Å². The largest absolute Gasteiger partial charge is 0.468 e. The zero-order valence-electron chi connectivity index (χ0n) is 40.4. The van der Waals surface area contributed by atoms with E-state index in [1.165, 1.54) is 5.56 Å². The Labute approximate surface area is 341 Å². The third-order valence-corrected chi connectivity index (χ3v) is 12.1. The summed E-state index contributed by atoms with van der Waals surface area (Å²) < 4.78 is 59.8. The lowest BCUT2D eigenvalue weighted by Crippen LogP contribution is -2.53. The molecule has 0 saturated heterocycles. The molecule has 4 aromatic carbocycles. The molecule has 56 heavy (non-hydrogen) atoms. The Morgan fingerprint density at radius 3 is 2.21 bits per heavy atom. The molecule has 6 aromatic rings. The van der Waals surface area contributed by atoms with E-state index >= 15 is 0 Å². The third-order valence-electron chi connectivity index (χ3n) is 12.1. The quantitative estimate of drug-likeness (QED) is 0.180. The highest BCUT2D eigenvalue weighted by Crippen LogP contribution is 2.49. The summed E-state index contributed by atoms with van der Waals surface area (Å²) in [6.45, 7) is 25.5. The summed E-state index contributed by atoms with van der Waals surface area (Å²) in [6.07, 6.45) is 0.534. The highest BCUT2D eigenvalue weighted by molar-refractivity contribution is 6.09. The van der Waals surface area contributed by atoms with Crippen LogP contribution in [0.2, 0.25) is 0 Å². The summed E-state index contributed by atoms with van der Waals surface area (Å²) in [5.74, 6) is 2.30. The lowest BCUT2D eigenvalue weighted by molar-refractivity contribution is 0.0270. The fraction of sp³-hybridized carbons (Fsp3) is 0.412. The Morgan fingerprint density at radius 1 is 0.768 bits per heavy atom. The van der Waals surface area contributed by atoms with Crippen molar-refractivity contribution in [3.05, 3.63) is 129 Å². The molecule has 0 bridgehead atoms. The van der Waals surface area contributed by atoms with Gasteiger partial charge in [-0.3, -0.25) is 4.57 Å². The summed E-state index contributed by atoms with van der Waals surface area (Å²) in [5, 5.41) is 1.70. The topological polar surface area (TPSA) is 48.6 Å². The molecular formula is C51H59N3O2. The Bertz CT molecular complexity index is 2810. The molecule has 0 N–H and O–H groups in total. The molecule has 8 rings (SSSR count). The molecule has 2 aromatic heterocycles. The van der Waals surface area contributed by atoms with Crippen LogP contribution in [0.1, 0.15) is 133 Å². The molecule has 1 aliphatic heterocycles. The predicted octanol–water partition coefficient (Wildman–Crippen LogP) is 12.9. The van der Waals surface area contributed by atoms with Crippen LogP contribution in [0, 0.1) is 20.7 Å². The van der Waals surface area contributed by atoms with E-state index in [1.807, 2.05) is 68.6 Å². The van der Waals surface area contributed by atoms with Crippen LogP contribution in [-0.2, 0) is 33.8 Å². The molecule has 3 heterocycles. The normalized spacial score (nSPS) is 22.3. The van der Waals surface area contributed by atoms with Crippen LogP contribution in [-0.4, -0.2) is 26.6 Å². The van der Waals surface area contributed by atoms with Crippen molar-refractivity contribution in [3.63, 3.8) is 0 Å². The molecule has 0 saturated carbocycles. The van der Waals surface area contributed by atoms with Gasteiger partial charge in [-0.15, -0.1) is 0 Å². The molecule has 0 spiro atoms. The number of aliphatic imine (C=N–C) groups is 1. The maximum absolute atomic E-state index is 9.75. The molecule has 1 aliphatic carbocycles. The molecule has 2 aliphatic rings. The van der Waals surface area contributed by atoms with Crippen molar-refractivity contribution >= 4 is 27.7 Å². The van der Waals surface area contributed by atoms with E-state index in [0.717, 1.165) is 61.0 Å². The second kappa shape index (κ2) is 12.6. The summed E-state index contributed by atoms with van der Waals surface area (Å²) in [4.78, 5) is 10.0. The zero-order chi connectivity index (χ0) is 44.6. The van der Waals surface area contributed by atoms with Crippen LogP contribution in [0.15, 0.2) is 84.0 Å². The molecule has 0 unspecified atom stereocenters. The number of fused-ring (bicyclic) bond motifs is 5. The van der Waals surface area contributed by atoms with Crippen LogP contribution in [0.3, 0.4) is 0 Å². The fourth-order valence-electron chi connectivity index (χ4n) is 8.93. The van der Waals surface area contributed by atoms with Gasteiger partial charge in [-0.25, -0.2) is 9.98 Å². The van der Waals surface area contributed by atoms with E-state index in [0.29, 0.717) is 29.4 Å². The highest BCUT2D eigenvalue weighted by Gasteiger charge is 2.55. The van der Waals surface area contributed by atoms with E-state index in [9.17, 15) is 2.74 Å². The van der Waals surface area contributed by atoms with Gasteiger partial charge in [0, 0.05) is 48.2 Å². The number of aromatic nitrogens is 2. The SMILES string of the molecule is [2H]C([2H])([2H])c1ccc2c(c1)c1ccc(Oc3cc(C4=N[C@@]5(C)C([2H])([2H])c6cc(C)c(C(C)(C)C)c(C)c6C[C@]5(C)O4)cc(C(C)(C)C)c3)cc1n2-c1cc(C(C)(C)C)ccn1. The monoisotopic (exact) mass is 750 g/mol. The molecule has 2 atom stereocenters. The Balaban J connectivity index is 1.24. The lowest BCUT2D eigenvalue weighted by atomic mass is 9.66.